The maximum absolute atomic E-state index is 14.0. The van der Waals surface area contributed by atoms with Crippen LogP contribution in [0, 0.1) is 5.82 Å². The van der Waals surface area contributed by atoms with Gasteiger partial charge in [0.25, 0.3) is 5.56 Å². The summed E-state index contributed by atoms with van der Waals surface area (Å²) in [5.74, 6) is -0.555. The summed E-state index contributed by atoms with van der Waals surface area (Å²) in [6, 6.07) is 5.91. The zero-order valence-electron chi connectivity index (χ0n) is 17.5. The fraction of sp³-hybridized carbons (Fsp3) is 0.409. The minimum atomic E-state index is -0.783. The number of nitrogens with zero attached hydrogens (tertiary/aromatic N) is 1. The third-order valence-corrected chi connectivity index (χ3v) is 5.66. The van der Waals surface area contributed by atoms with Crippen LogP contribution in [0.2, 0.25) is 0 Å². The average molecular weight is 432 g/mol. The third kappa shape index (κ3) is 4.75. The summed E-state index contributed by atoms with van der Waals surface area (Å²) in [6.45, 7) is 7.34. The SMILES string of the molecule is CCCCSc1nc2c(c(=O)[nH]1)[C@@H](c1cccc(F)c1)C(C(=O)OC(C)C)=C(C)N2. The molecule has 1 aliphatic heterocycles. The predicted octanol–water partition coefficient (Wildman–Crippen LogP) is 4.58. The molecule has 0 radical (unpaired) electrons. The number of allylic oxidation sites excluding steroid dienone is 1. The summed E-state index contributed by atoms with van der Waals surface area (Å²) in [5, 5.41) is 3.60. The van der Waals surface area contributed by atoms with Crippen molar-refractivity contribution in [2.24, 2.45) is 0 Å². The lowest BCUT2D eigenvalue weighted by Crippen LogP contribution is -2.32. The van der Waals surface area contributed by atoms with Crippen LogP contribution in [0.1, 0.15) is 57.6 Å². The summed E-state index contributed by atoms with van der Waals surface area (Å²) >= 11 is 1.47. The standard InChI is InChI=1S/C22H26FN3O3S/c1-5-6-10-30-22-25-19-18(20(27)26-22)17(14-8-7-9-15(23)11-14)16(13(4)24-19)21(28)29-12(2)3/h7-9,11-12,17H,5-6,10H2,1-4H3,(H2,24,25,26,27)/t17-/m0/s1. The largest absolute Gasteiger partial charge is 0.460 e. The Morgan fingerprint density at radius 3 is 2.80 bits per heavy atom. The lowest BCUT2D eigenvalue weighted by Gasteiger charge is -2.29. The lowest BCUT2D eigenvalue weighted by atomic mass is 9.82. The number of thioether (sulfide) groups is 1. The van der Waals surface area contributed by atoms with Gasteiger partial charge in [0.05, 0.1) is 23.2 Å². The van der Waals surface area contributed by atoms with Gasteiger partial charge in [-0.1, -0.05) is 37.2 Å². The van der Waals surface area contributed by atoms with Gasteiger partial charge in [0, 0.05) is 11.4 Å². The van der Waals surface area contributed by atoms with Crippen molar-refractivity contribution in [1.29, 1.82) is 0 Å². The Balaban J connectivity index is 2.14. The second-order valence-electron chi connectivity index (χ2n) is 7.44. The number of nitrogens with one attached hydrogen (secondary N) is 2. The Bertz CT molecular complexity index is 1030. The maximum atomic E-state index is 14.0. The molecule has 3 rings (SSSR count). The highest BCUT2D eigenvalue weighted by molar-refractivity contribution is 7.99. The van der Waals surface area contributed by atoms with Crippen molar-refractivity contribution in [3.8, 4) is 0 Å². The molecule has 0 bridgehead atoms. The van der Waals surface area contributed by atoms with E-state index in [0.717, 1.165) is 18.6 Å². The van der Waals surface area contributed by atoms with Crippen LogP contribution >= 0.6 is 11.8 Å². The molecule has 1 aliphatic rings. The van der Waals surface area contributed by atoms with E-state index in [1.165, 1.54) is 23.9 Å². The van der Waals surface area contributed by atoms with Crippen LogP contribution in [0.4, 0.5) is 10.2 Å². The number of carbonyl (C=O) groups is 1. The summed E-state index contributed by atoms with van der Waals surface area (Å²) < 4.78 is 19.4. The molecule has 2 aromatic rings. The van der Waals surface area contributed by atoms with Crippen molar-refractivity contribution >= 4 is 23.5 Å². The number of aromatic amines is 1. The zero-order chi connectivity index (χ0) is 21.8. The number of ether oxygens (including phenoxy) is 1. The highest BCUT2D eigenvalue weighted by Crippen LogP contribution is 2.40. The predicted molar refractivity (Wildman–Crippen MR) is 116 cm³/mol. The number of H-pyrrole nitrogens is 1. The molecule has 8 heteroatoms. The number of benzene rings is 1. The third-order valence-electron chi connectivity index (χ3n) is 4.70. The first kappa shape index (κ1) is 22.1. The Morgan fingerprint density at radius 2 is 2.13 bits per heavy atom. The molecule has 1 aromatic heterocycles. The summed E-state index contributed by atoms with van der Waals surface area (Å²) in [7, 11) is 0. The van der Waals surface area contributed by atoms with E-state index in [9.17, 15) is 14.0 Å². The van der Waals surface area contributed by atoms with E-state index in [1.807, 2.05) is 0 Å². The number of hydrogen-bond acceptors (Lipinski definition) is 6. The molecule has 0 aliphatic carbocycles. The van der Waals surface area contributed by atoms with Crippen molar-refractivity contribution in [2.75, 3.05) is 11.1 Å². The number of aromatic nitrogens is 2. The molecule has 0 amide bonds. The van der Waals surface area contributed by atoms with Gasteiger partial charge >= 0.3 is 5.97 Å². The zero-order valence-corrected chi connectivity index (χ0v) is 18.4. The Morgan fingerprint density at radius 1 is 1.37 bits per heavy atom. The van der Waals surface area contributed by atoms with Crippen LogP contribution in [0.15, 0.2) is 45.5 Å². The van der Waals surface area contributed by atoms with E-state index in [2.05, 4.69) is 22.2 Å². The van der Waals surface area contributed by atoms with Crippen molar-refractivity contribution in [2.45, 2.75) is 57.7 Å². The summed E-state index contributed by atoms with van der Waals surface area (Å²) in [5.41, 5.74) is 1.22. The lowest BCUT2D eigenvalue weighted by molar-refractivity contribution is -0.143. The fourth-order valence-corrected chi connectivity index (χ4v) is 4.33. The number of unbranched alkanes of at least 4 members (excludes halogenated alkanes) is 1. The van der Waals surface area contributed by atoms with Crippen LogP contribution in [-0.4, -0.2) is 27.8 Å². The van der Waals surface area contributed by atoms with Gasteiger partial charge in [0.2, 0.25) is 0 Å². The quantitative estimate of drug-likeness (QED) is 0.289. The Hall–Kier alpha value is -2.61. The maximum Gasteiger partial charge on any atom is 0.337 e. The van der Waals surface area contributed by atoms with Gasteiger partial charge in [0.1, 0.15) is 11.6 Å². The number of hydrogen-bond donors (Lipinski definition) is 2. The minimum absolute atomic E-state index is 0.278. The van der Waals surface area contributed by atoms with Crippen LogP contribution in [0.3, 0.4) is 0 Å². The van der Waals surface area contributed by atoms with Crippen molar-refractivity contribution < 1.29 is 13.9 Å². The van der Waals surface area contributed by atoms with Crippen LogP contribution in [0.25, 0.3) is 0 Å². The van der Waals surface area contributed by atoms with E-state index < -0.39 is 17.7 Å². The van der Waals surface area contributed by atoms with Gasteiger partial charge in [-0.2, -0.15) is 0 Å². The topological polar surface area (TPSA) is 84.1 Å². The second-order valence-corrected chi connectivity index (χ2v) is 8.52. The smallest absolute Gasteiger partial charge is 0.337 e. The Labute approximate surface area is 179 Å². The van der Waals surface area contributed by atoms with Crippen LogP contribution in [-0.2, 0) is 9.53 Å². The first-order valence-corrected chi connectivity index (χ1v) is 11.0. The number of fused-ring (bicyclic) bond motifs is 1. The average Bonchev–Trinajstić information content (AvgIpc) is 2.66. The highest BCUT2D eigenvalue weighted by atomic mass is 32.2. The van der Waals surface area contributed by atoms with Gasteiger partial charge in [-0.3, -0.25) is 4.79 Å². The first-order chi connectivity index (χ1) is 14.3. The number of halogens is 1. The van der Waals surface area contributed by atoms with Crippen molar-refractivity contribution in [3.05, 3.63) is 62.8 Å². The van der Waals surface area contributed by atoms with Crippen LogP contribution < -0.4 is 10.9 Å². The molecular formula is C22H26FN3O3S. The second kappa shape index (κ2) is 9.47. The molecule has 2 heterocycles. The Kier molecular flexibility index (Phi) is 6.97. The molecule has 160 valence electrons. The molecule has 1 atom stereocenters. The summed E-state index contributed by atoms with van der Waals surface area (Å²) in [4.78, 5) is 33.3. The molecule has 0 spiro atoms. The number of esters is 1. The van der Waals surface area contributed by atoms with Crippen molar-refractivity contribution in [3.63, 3.8) is 0 Å². The monoisotopic (exact) mass is 431 g/mol. The molecule has 0 unspecified atom stereocenters. The van der Waals surface area contributed by atoms with E-state index >= 15 is 0 Å². The van der Waals surface area contributed by atoms with Crippen molar-refractivity contribution in [1.82, 2.24) is 9.97 Å². The van der Waals surface area contributed by atoms with Gasteiger partial charge in [0.15, 0.2) is 5.16 Å². The molecule has 0 fully saturated rings. The molecule has 0 saturated heterocycles. The first-order valence-electron chi connectivity index (χ1n) is 10.0. The van der Waals surface area contributed by atoms with Gasteiger partial charge in [-0.25, -0.2) is 14.2 Å². The molecular weight excluding hydrogens is 405 g/mol. The van der Waals surface area contributed by atoms with Gasteiger partial charge in [-0.05, 0) is 44.9 Å². The van der Waals surface area contributed by atoms with E-state index in [-0.39, 0.29) is 22.8 Å². The minimum Gasteiger partial charge on any atom is -0.460 e. The summed E-state index contributed by atoms with van der Waals surface area (Å²) in [6.07, 6.45) is 1.72. The molecule has 0 saturated carbocycles. The van der Waals surface area contributed by atoms with Crippen LogP contribution in [0.5, 0.6) is 0 Å². The molecule has 1 aromatic carbocycles. The number of carbonyl (C=O) groups excluding carboxylic acids is 1. The van der Waals surface area contributed by atoms with E-state index in [4.69, 9.17) is 4.74 Å². The van der Waals surface area contributed by atoms with Gasteiger partial charge < -0.3 is 15.0 Å². The molecule has 6 nitrogen and oxygen atoms in total. The number of anilines is 1. The van der Waals surface area contributed by atoms with Gasteiger partial charge in [-0.15, -0.1) is 0 Å². The molecule has 2 N–H and O–H groups in total. The molecule has 30 heavy (non-hydrogen) atoms. The fourth-order valence-electron chi connectivity index (χ4n) is 3.38. The van der Waals surface area contributed by atoms with E-state index in [1.54, 1.807) is 32.9 Å². The number of rotatable bonds is 7. The highest BCUT2D eigenvalue weighted by Gasteiger charge is 2.36. The normalized spacial score (nSPS) is 15.7. The van der Waals surface area contributed by atoms with E-state index in [0.29, 0.717) is 22.2 Å².